The van der Waals surface area contributed by atoms with E-state index in [0.717, 1.165) is 34.3 Å². The van der Waals surface area contributed by atoms with E-state index in [1.54, 1.807) is 4.90 Å². The van der Waals surface area contributed by atoms with Gasteiger partial charge in [0.2, 0.25) is 5.91 Å². The minimum atomic E-state index is 0.0538. The zero-order chi connectivity index (χ0) is 17.8. The monoisotopic (exact) mass is 395 g/mol. The number of carbonyl (C=O) groups is 1. The lowest BCUT2D eigenvalue weighted by Gasteiger charge is -2.15. The largest absolute Gasteiger partial charge is 0.410 e. The molecule has 0 N–H and O–H groups in total. The van der Waals surface area contributed by atoms with Crippen LogP contribution in [0.15, 0.2) is 33.9 Å². The molecule has 0 aliphatic carbocycles. The van der Waals surface area contributed by atoms with Gasteiger partial charge < -0.3 is 9.32 Å². The van der Waals surface area contributed by atoms with Gasteiger partial charge in [-0.05, 0) is 12.5 Å². The van der Waals surface area contributed by atoms with Gasteiger partial charge in [0, 0.05) is 23.7 Å². The van der Waals surface area contributed by atoms with Crippen LogP contribution in [-0.2, 0) is 4.79 Å². The van der Waals surface area contributed by atoms with Crippen LogP contribution in [0.4, 0.5) is 0 Å². The molecule has 1 aromatic carbocycles. The molecule has 0 spiro atoms. The Morgan fingerprint density at radius 1 is 1.36 bits per heavy atom. The van der Waals surface area contributed by atoms with Crippen LogP contribution >= 0.6 is 34.7 Å². The number of nitrogens with zero attached hydrogens (tertiary/aromatic N) is 3. The summed E-state index contributed by atoms with van der Waals surface area (Å²) in [5.74, 6) is 0.723. The van der Waals surface area contributed by atoms with Gasteiger partial charge in [0.1, 0.15) is 4.88 Å². The summed E-state index contributed by atoms with van der Waals surface area (Å²) in [7, 11) is 1.81. The van der Waals surface area contributed by atoms with Crippen LogP contribution in [0.5, 0.6) is 0 Å². The highest BCUT2D eigenvalue weighted by molar-refractivity contribution is 7.99. The number of unbranched alkanes of at least 4 members (excludes halogenated alkanes) is 1. The normalized spacial score (nSPS) is 11.2. The zero-order valence-electron chi connectivity index (χ0n) is 14.0. The van der Waals surface area contributed by atoms with Crippen LogP contribution in [0, 0.1) is 0 Å². The highest BCUT2D eigenvalue weighted by atomic mass is 35.5. The molecule has 0 saturated carbocycles. The van der Waals surface area contributed by atoms with Crippen molar-refractivity contribution in [2.45, 2.75) is 25.0 Å². The van der Waals surface area contributed by atoms with E-state index in [0.29, 0.717) is 16.1 Å². The average Bonchev–Trinajstić information content (AvgIpc) is 3.22. The van der Waals surface area contributed by atoms with Crippen molar-refractivity contribution in [1.82, 2.24) is 15.1 Å². The summed E-state index contributed by atoms with van der Waals surface area (Å²) >= 11 is 9.20. The van der Waals surface area contributed by atoms with Crippen molar-refractivity contribution in [1.29, 1.82) is 0 Å². The van der Waals surface area contributed by atoms with Crippen molar-refractivity contribution in [3.05, 3.63) is 29.3 Å². The summed E-state index contributed by atoms with van der Waals surface area (Å²) < 4.78 is 6.76. The number of carbonyl (C=O) groups excluding carboxylic acids is 1. The average molecular weight is 396 g/mol. The number of thiophene rings is 1. The van der Waals surface area contributed by atoms with E-state index in [1.807, 2.05) is 31.3 Å². The molecular formula is C17H18ClN3O2S2. The molecule has 2 aromatic heterocycles. The van der Waals surface area contributed by atoms with Crippen molar-refractivity contribution < 1.29 is 9.21 Å². The highest BCUT2D eigenvalue weighted by Gasteiger charge is 2.18. The molecule has 0 radical (unpaired) electrons. The Bertz CT molecular complexity index is 878. The summed E-state index contributed by atoms with van der Waals surface area (Å²) in [6.07, 6.45) is 2.07. The summed E-state index contributed by atoms with van der Waals surface area (Å²) in [5.41, 5.74) is 0. The topological polar surface area (TPSA) is 59.2 Å². The first-order chi connectivity index (χ1) is 12.1. The van der Waals surface area contributed by atoms with Gasteiger partial charge in [-0.2, -0.15) is 0 Å². The molecule has 5 nitrogen and oxygen atoms in total. The summed E-state index contributed by atoms with van der Waals surface area (Å²) in [6.45, 7) is 2.87. The number of halogens is 1. The lowest BCUT2D eigenvalue weighted by Crippen LogP contribution is -2.29. The molecule has 0 fully saturated rings. The second kappa shape index (κ2) is 8.21. The van der Waals surface area contributed by atoms with Crippen molar-refractivity contribution >= 4 is 50.7 Å². The van der Waals surface area contributed by atoms with Gasteiger partial charge in [-0.25, -0.2) is 0 Å². The number of fused-ring (bicyclic) bond motifs is 1. The maximum absolute atomic E-state index is 12.1. The third-order valence-corrected chi connectivity index (χ3v) is 6.19. The van der Waals surface area contributed by atoms with Crippen LogP contribution < -0.4 is 0 Å². The molecule has 132 valence electrons. The zero-order valence-corrected chi connectivity index (χ0v) is 16.4. The molecule has 0 atom stereocenters. The Hall–Kier alpha value is -1.57. The van der Waals surface area contributed by atoms with E-state index in [2.05, 4.69) is 17.1 Å². The fraction of sp³-hybridized carbons (Fsp3) is 0.353. The second-order valence-electron chi connectivity index (χ2n) is 5.57. The highest BCUT2D eigenvalue weighted by Crippen LogP contribution is 2.41. The first-order valence-corrected chi connectivity index (χ1v) is 10.2. The molecule has 0 saturated heterocycles. The molecule has 0 aliphatic heterocycles. The SMILES string of the molecule is CCCCN(C)C(=O)CSc1nnc(-c2sc3ccccc3c2Cl)o1. The predicted octanol–water partition coefficient (Wildman–Crippen LogP) is 4.96. The molecular weight excluding hydrogens is 378 g/mol. The number of aromatic nitrogens is 2. The Balaban J connectivity index is 1.68. The first-order valence-electron chi connectivity index (χ1n) is 7.97. The lowest BCUT2D eigenvalue weighted by atomic mass is 10.2. The van der Waals surface area contributed by atoms with E-state index < -0.39 is 0 Å². The van der Waals surface area contributed by atoms with Crippen molar-refractivity contribution in [2.24, 2.45) is 0 Å². The third-order valence-electron chi connectivity index (χ3n) is 3.73. The number of rotatable bonds is 7. The molecule has 0 aliphatic rings. The van der Waals surface area contributed by atoms with E-state index in [9.17, 15) is 4.79 Å². The maximum Gasteiger partial charge on any atom is 0.277 e. The van der Waals surface area contributed by atoms with E-state index in [-0.39, 0.29) is 11.7 Å². The molecule has 2 heterocycles. The van der Waals surface area contributed by atoms with Crippen molar-refractivity contribution in [3.8, 4) is 10.8 Å². The van der Waals surface area contributed by atoms with Crippen LogP contribution in [0.25, 0.3) is 20.9 Å². The van der Waals surface area contributed by atoms with Crippen LogP contribution in [-0.4, -0.2) is 40.3 Å². The van der Waals surface area contributed by atoms with Crippen LogP contribution in [0.3, 0.4) is 0 Å². The minimum Gasteiger partial charge on any atom is -0.410 e. The number of hydrogen-bond acceptors (Lipinski definition) is 6. The van der Waals surface area contributed by atoms with E-state index >= 15 is 0 Å². The number of amides is 1. The fourth-order valence-corrected chi connectivity index (χ4v) is 4.40. The van der Waals surface area contributed by atoms with Gasteiger partial charge in [0.15, 0.2) is 0 Å². The number of thioether (sulfide) groups is 1. The summed E-state index contributed by atoms with van der Waals surface area (Å²) in [5, 5.41) is 10.1. The standard InChI is InChI=1S/C17H18ClN3O2S2/c1-3-4-9-21(2)13(22)10-24-17-20-19-16(23-17)15-14(18)11-7-5-6-8-12(11)25-15/h5-8H,3-4,9-10H2,1-2H3. The molecule has 25 heavy (non-hydrogen) atoms. The molecule has 3 aromatic rings. The van der Waals surface area contributed by atoms with Gasteiger partial charge in [0.05, 0.1) is 10.8 Å². The maximum atomic E-state index is 12.1. The van der Waals surface area contributed by atoms with Gasteiger partial charge >= 0.3 is 0 Å². The summed E-state index contributed by atoms with van der Waals surface area (Å²) in [4.78, 5) is 14.6. The Morgan fingerprint density at radius 3 is 2.92 bits per heavy atom. The second-order valence-corrected chi connectivity index (χ2v) is 7.93. The van der Waals surface area contributed by atoms with Crippen molar-refractivity contribution in [3.63, 3.8) is 0 Å². The molecule has 1 amide bonds. The molecule has 0 bridgehead atoms. The van der Waals surface area contributed by atoms with Gasteiger partial charge in [-0.1, -0.05) is 54.9 Å². The van der Waals surface area contributed by atoms with Gasteiger partial charge in [-0.3, -0.25) is 4.79 Å². The summed E-state index contributed by atoms with van der Waals surface area (Å²) in [6, 6.07) is 7.88. The Labute approximate surface area is 159 Å². The van der Waals surface area contributed by atoms with E-state index in [4.69, 9.17) is 16.0 Å². The predicted molar refractivity (Wildman–Crippen MR) is 103 cm³/mol. The van der Waals surface area contributed by atoms with Crippen LogP contribution in [0.2, 0.25) is 5.02 Å². The molecule has 0 unspecified atom stereocenters. The Kier molecular flexibility index (Phi) is 5.98. The smallest absolute Gasteiger partial charge is 0.277 e. The van der Waals surface area contributed by atoms with Crippen molar-refractivity contribution in [2.75, 3.05) is 19.3 Å². The third kappa shape index (κ3) is 4.16. The molecule has 8 heteroatoms. The quantitative estimate of drug-likeness (QED) is 0.529. The van der Waals surface area contributed by atoms with E-state index in [1.165, 1.54) is 23.1 Å². The van der Waals surface area contributed by atoms with Gasteiger partial charge in [-0.15, -0.1) is 21.5 Å². The minimum absolute atomic E-state index is 0.0538. The molecule has 3 rings (SSSR count). The number of benzene rings is 1. The number of hydrogen-bond donors (Lipinski definition) is 0. The van der Waals surface area contributed by atoms with Crippen LogP contribution in [0.1, 0.15) is 19.8 Å². The lowest BCUT2D eigenvalue weighted by molar-refractivity contribution is -0.127. The first kappa shape index (κ1) is 18.2. The Morgan fingerprint density at radius 2 is 2.16 bits per heavy atom. The van der Waals surface area contributed by atoms with Gasteiger partial charge in [0.25, 0.3) is 11.1 Å². The fourth-order valence-electron chi connectivity index (χ4n) is 2.27.